The van der Waals surface area contributed by atoms with Gasteiger partial charge in [-0.05, 0) is 26.7 Å². The molecule has 0 aliphatic carbocycles. The van der Waals surface area contributed by atoms with Crippen LogP contribution >= 0.6 is 0 Å². The third-order valence-corrected chi connectivity index (χ3v) is 3.15. The Kier molecular flexibility index (Phi) is 8.41. The normalized spacial score (nSPS) is 14.5. The molecule has 0 spiro atoms. The molecule has 0 aromatic carbocycles. The van der Waals surface area contributed by atoms with Crippen molar-refractivity contribution in [3.63, 3.8) is 0 Å². The van der Waals surface area contributed by atoms with Crippen molar-refractivity contribution in [2.75, 3.05) is 13.2 Å². The Bertz CT molecular complexity index is 313. The van der Waals surface area contributed by atoms with Crippen LogP contribution in [0.25, 0.3) is 0 Å². The molecular formula is C14H26O6. The second kappa shape index (κ2) is 8.92. The van der Waals surface area contributed by atoms with Crippen LogP contribution in [0.5, 0.6) is 0 Å². The first-order valence-electron chi connectivity index (χ1n) is 6.91. The van der Waals surface area contributed by atoms with E-state index >= 15 is 0 Å². The first kappa shape index (κ1) is 18.9. The van der Waals surface area contributed by atoms with Gasteiger partial charge in [0.15, 0.2) is 0 Å². The van der Waals surface area contributed by atoms with Crippen LogP contribution in [0, 0.1) is 5.41 Å². The Morgan fingerprint density at radius 1 is 1.05 bits per heavy atom. The van der Waals surface area contributed by atoms with E-state index in [1.807, 2.05) is 6.92 Å². The van der Waals surface area contributed by atoms with Gasteiger partial charge in [0, 0.05) is 0 Å². The zero-order valence-corrected chi connectivity index (χ0v) is 12.7. The summed E-state index contributed by atoms with van der Waals surface area (Å²) in [5.74, 6) is -0.981. The molecule has 20 heavy (non-hydrogen) atoms. The molecule has 0 amide bonds. The molecule has 0 fully saturated rings. The summed E-state index contributed by atoms with van der Waals surface area (Å²) in [6.45, 7) is 6.67. The highest BCUT2D eigenvalue weighted by molar-refractivity contribution is 5.75. The maximum atomic E-state index is 11.6. The van der Waals surface area contributed by atoms with Crippen LogP contribution in [0.2, 0.25) is 0 Å². The van der Waals surface area contributed by atoms with Gasteiger partial charge in [-0.3, -0.25) is 9.59 Å². The Labute approximate surface area is 120 Å². The van der Waals surface area contributed by atoms with Gasteiger partial charge in [0.2, 0.25) is 0 Å². The molecule has 0 aromatic heterocycles. The van der Waals surface area contributed by atoms with E-state index in [1.165, 1.54) is 0 Å². The minimum absolute atomic E-state index is 0.105. The molecule has 0 bridgehead atoms. The first-order chi connectivity index (χ1) is 9.22. The van der Waals surface area contributed by atoms with Gasteiger partial charge >= 0.3 is 11.9 Å². The zero-order valence-electron chi connectivity index (χ0n) is 12.7. The molecule has 0 aliphatic rings. The molecule has 0 rings (SSSR count). The number of aliphatic hydroxyl groups is 2. The molecule has 0 saturated heterocycles. The number of hydrogen-bond donors (Lipinski definition) is 2. The second-order valence-corrected chi connectivity index (χ2v) is 5.44. The van der Waals surface area contributed by atoms with E-state index in [-0.39, 0.29) is 19.6 Å². The van der Waals surface area contributed by atoms with Crippen molar-refractivity contribution >= 4 is 11.9 Å². The van der Waals surface area contributed by atoms with Crippen LogP contribution in [0.4, 0.5) is 0 Å². The number of rotatable bonds is 9. The van der Waals surface area contributed by atoms with E-state index in [4.69, 9.17) is 9.47 Å². The zero-order chi connectivity index (χ0) is 15.8. The SMILES string of the molecule is CCC(O)CC(=O)OCC(O)COC(=O)C(C)(C)CC. The third kappa shape index (κ3) is 7.45. The van der Waals surface area contributed by atoms with Gasteiger partial charge in [-0.15, -0.1) is 0 Å². The summed E-state index contributed by atoms with van der Waals surface area (Å²) < 4.78 is 9.74. The number of ether oxygens (including phenoxy) is 2. The highest BCUT2D eigenvalue weighted by Gasteiger charge is 2.27. The molecule has 0 heterocycles. The van der Waals surface area contributed by atoms with Crippen LogP contribution in [-0.2, 0) is 19.1 Å². The molecule has 0 saturated carbocycles. The molecule has 118 valence electrons. The van der Waals surface area contributed by atoms with Gasteiger partial charge < -0.3 is 19.7 Å². The molecule has 2 unspecified atom stereocenters. The summed E-state index contributed by atoms with van der Waals surface area (Å²) in [6.07, 6.45) is -0.809. The monoisotopic (exact) mass is 290 g/mol. The maximum absolute atomic E-state index is 11.6. The van der Waals surface area contributed by atoms with E-state index in [9.17, 15) is 19.8 Å². The number of carbonyl (C=O) groups excluding carboxylic acids is 2. The van der Waals surface area contributed by atoms with Crippen molar-refractivity contribution in [2.24, 2.45) is 5.41 Å². The molecule has 6 nitrogen and oxygen atoms in total. The van der Waals surface area contributed by atoms with Crippen molar-refractivity contribution < 1.29 is 29.3 Å². The lowest BCUT2D eigenvalue weighted by Gasteiger charge is -2.21. The smallest absolute Gasteiger partial charge is 0.311 e. The van der Waals surface area contributed by atoms with E-state index in [1.54, 1.807) is 20.8 Å². The highest BCUT2D eigenvalue weighted by Crippen LogP contribution is 2.21. The largest absolute Gasteiger partial charge is 0.463 e. The Morgan fingerprint density at radius 3 is 2.10 bits per heavy atom. The Hall–Kier alpha value is -1.14. The number of esters is 2. The summed E-state index contributed by atoms with van der Waals surface area (Å²) >= 11 is 0. The highest BCUT2D eigenvalue weighted by atomic mass is 16.6. The fourth-order valence-electron chi connectivity index (χ4n) is 1.14. The average Bonchev–Trinajstić information content (AvgIpc) is 2.41. The average molecular weight is 290 g/mol. The molecule has 2 N–H and O–H groups in total. The van der Waals surface area contributed by atoms with E-state index in [0.29, 0.717) is 12.8 Å². The van der Waals surface area contributed by atoms with Crippen molar-refractivity contribution in [1.29, 1.82) is 0 Å². The summed E-state index contributed by atoms with van der Waals surface area (Å²) in [6, 6.07) is 0. The molecule has 0 aromatic rings. The Morgan fingerprint density at radius 2 is 1.60 bits per heavy atom. The lowest BCUT2D eigenvalue weighted by atomic mass is 9.91. The van der Waals surface area contributed by atoms with Crippen LogP contribution in [0.15, 0.2) is 0 Å². The van der Waals surface area contributed by atoms with Gasteiger partial charge in [-0.2, -0.15) is 0 Å². The third-order valence-electron chi connectivity index (χ3n) is 3.15. The van der Waals surface area contributed by atoms with Gasteiger partial charge in [0.1, 0.15) is 19.3 Å². The molecule has 0 aliphatic heterocycles. The number of aliphatic hydroxyl groups excluding tert-OH is 2. The van der Waals surface area contributed by atoms with Crippen LogP contribution < -0.4 is 0 Å². The lowest BCUT2D eigenvalue weighted by Crippen LogP contribution is -2.31. The molecule has 6 heteroatoms. The fraction of sp³-hybridized carbons (Fsp3) is 0.857. The summed E-state index contributed by atoms with van der Waals surface area (Å²) in [7, 11) is 0. The second-order valence-electron chi connectivity index (χ2n) is 5.44. The predicted octanol–water partition coefficient (Wildman–Crippen LogP) is 1.03. The quantitative estimate of drug-likeness (QED) is 0.616. The topological polar surface area (TPSA) is 93.1 Å². The van der Waals surface area contributed by atoms with Crippen LogP contribution in [-0.4, -0.2) is 47.6 Å². The van der Waals surface area contributed by atoms with Crippen molar-refractivity contribution in [3.05, 3.63) is 0 Å². The number of hydrogen-bond acceptors (Lipinski definition) is 6. The van der Waals surface area contributed by atoms with Gasteiger partial charge in [-0.1, -0.05) is 13.8 Å². The van der Waals surface area contributed by atoms with Crippen LogP contribution in [0.3, 0.4) is 0 Å². The van der Waals surface area contributed by atoms with Crippen molar-refractivity contribution in [1.82, 2.24) is 0 Å². The summed E-state index contributed by atoms with van der Waals surface area (Å²) in [5, 5.41) is 18.8. The fourth-order valence-corrected chi connectivity index (χ4v) is 1.14. The Balaban J connectivity index is 3.93. The van der Waals surface area contributed by atoms with Gasteiger partial charge in [0.05, 0.1) is 17.9 Å². The van der Waals surface area contributed by atoms with Gasteiger partial charge in [0.25, 0.3) is 0 Å². The van der Waals surface area contributed by atoms with E-state index < -0.39 is 29.6 Å². The van der Waals surface area contributed by atoms with E-state index in [2.05, 4.69) is 0 Å². The summed E-state index contributed by atoms with van der Waals surface area (Å²) in [5.41, 5.74) is -0.596. The minimum atomic E-state index is -1.06. The first-order valence-corrected chi connectivity index (χ1v) is 6.91. The van der Waals surface area contributed by atoms with Crippen molar-refractivity contribution in [2.45, 2.75) is 59.2 Å². The minimum Gasteiger partial charge on any atom is -0.463 e. The number of carbonyl (C=O) groups is 2. The standard InChI is InChI=1S/C14H26O6/c1-5-10(15)7-12(17)19-8-11(16)9-20-13(18)14(3,4)6-2/h10-11,15-16H,5-9H2,1-4H3. The predicted molar refractivity (Wildman–Crippen MR) is 72.9 cm³/mol. The lowest BCUT2D eigenvalue weighted by molar-refractivity contribution is -0.160. The summed E-state index contributed by atoms with van der Waals surface area (Å²) in [4.78, 5) is 22.9. The van der Waals surface area contributed by atoms with E-state index in [0.717, 1.165) is 0 Å². The maximum Gasteiger partial charge on any atom is 0.311 e. The molecule has 2 atom stereocenters. The van der Waals surface area contributed by atoms with Gasteiger partial charge in [-0.25, -0.2) is 0 Å². The van der Waals surface area contributed by atoms with Crippen molar-refractivity contribution in [3.8, 4) is 0 Å². The molecule has 0 radical (unpaired) electrons. The molecular weight excluding hydrogens is 264 g/mol. The van der Waals surface area contributed by atoms with Crippen LogP contribution in [0.1, 0.15) is 47.0 Å².